The summed E-state index contributed by atoms with van der Waals surface area (Å²) in [5.41, 5.74) is 0.375. The number of carbonyl (C=O) groups excluding carboxylic acids is 5. The fourth-order valence-electron chi connectivity index (χ4n) is 13.0. The van der Waals surface area contributed by atoms with Gasteiger partial charge in [0.15, 0.2) is 5.78 Å². The van der Waals surface area contributed by atoms with Crippen LogP contribution in [-0.4, -0.2) is 52.1 Å². The molecule has 11 atom stereocenters. The first kappa shape index (κ1) is 38.8. The number of fused-ring (bicyclic) bond motifs is 7. The van der Waals surface area contributed by atoms with Crippen molar-refractivity contribution < 1.29 is 33.8 Å². The third kappa shape index (κ3) is 6.14. The molecule has 0 radical (unpaired) electrons. The predicted molar refractivity (Wildman–Crippen MR) is 205 cm³/mol. The lowest BCUT2D eigenvalue weighted by Gasteiger charge is -2.65. The minimum atomic E-state index is -1.24. The zero-order valence-electron chi connectivity index (χ0n) is 33.6. The Bertz CT molecular complexity index is 1740. The van der Waals surface area contributed by atoms with Crippen LogP contribution in [0.15, 0.2) is 35.4 Å². The highest BCUT2D eigenvalue weighted by Crippen LogP contribution is 2.68. The molecular weight excluding hydrogens is 681 g/mol. The monoisotopic (exact) mass is 742 g/mol. The largest absolute Gasteiger partial charge is 0.508 e. The predicted octanol–water partition coefficient (Wildman–Crippen LogP) is 7.35. The average molecular weight is 743 g/mol. The zero-order valence-corrected chi connectivity index (χ0v) is 33.6. The molecule has 5 fully saturated rings. The Morgan fingerprint density at radius 2 is 1.67 bits per heavy atom. The molecule has 3 N–H and O–H groups in total. The van der Waals surface area contributed by atoms with Crippen LogP contribution in [-0.2, 0) is 23.9 Å². The van der Waals surface area contributed by atoms with Crippen LogP contribution in [0, 0.1) is 64.1 Å². The summed E-state index contributed by atoms with van der Waals surface area (Å²) in [5.74, 6) is 1.40. The number of rotatable bonds is 8. The molecule has 0 aromatic heterocycles. The minimum absolute atomic E-state index is 0.0384. The molecule has 6 aliphatic rings. The Labute approximate surface area is 321 Å². The van der Waals surface area contributed by atoms with E-state index in [9.17, 15) is 29.1 Å². The van der Waals surface area contributed by atoms with Crippen LogP contribution in [0.25, 0.3) is 0 Å². The summed E-state index contributed by atoms with van der Waals surface area (Å²) in [4.78, 5) is 65.9. The number of aromatic hydroxyl groups is 1. The summed E-state index contributed by atoms with van der Waals surface area (Å²) in [5, 5.41) is 16.0. The van der Waals surface area contributed by atoms with Crippen LogP contribution in [0.2, 0.25) is 0 Å². The molecule has 0 saturated heterocycles. The first-order valence-electron chi connectivity index (χ1n) is 20.7. The number of ketones is 1. The number of nitrogens with one attached hydrogen (secondary N) is 2. The van der Waals surface area contributed by atoms with Crippen molar-refractivity contribution >= 4 is 29.9 Å². The van der Waals surface area contributed by atoms with E-state index >= 15 is 0 Å². The van der Waals surface area contributed by atoms with Gasteiger partial charge in [0.05, 0.1) is 11.5 Å². The van der Waals surface area contributed by atoms with E-state index in [0.717, 1.165) is 62.4 Å². The molecule has 9 nitrogen and oxygen atoms in total. The van der Waals surface area contributed by atoms with Gasteiger partial charge in [-0.15, -0.1) is 0 Å². The Morgan fingerprint density at radius 1 is 0.963 bits per heavy atom. The second-order valence-electron chi connectivity index (χ2n) is 19.8. The lowest BCUT2D eigenvalue weighted by atomic mass is 9.41. The minimum Gasteiger partial charge on any atom is -0.508 e. The third-order valence-electron chi connectivity index (χ3n) is 15.9. The first-order chi connectivity index (χ1) is 25.3. The standard InChI is InChI=1S/C45H62N2O7/c1-24(2)37-34(50)22-45(47-41(53)43(6,7)46-39(51)26-9-11-28(49)12-10-26)20-17-29-30-14-16-35-42(4,5)36(54-40(52)32-21-27(23-48)25(32)3)18-19-44(35,8)33(30)15-13-31(29)38(37)45/h9-12,23-25,27,29-33,35-36,49H,13-22H2,1-8H3,(H,46,51)(H,47,53). The van der Waals surface area contributed by atoms with Gasteiger partial charge < -0.3 is 25.3 Å². The maximum Gasteiger partial charge on any atom is 0.309 e. The summed E-state index contributed by atoms with van der Waals surface area (Å²) in [6.45, 7) is 16.7. The third-order valence-corrected chi connectivity index (χ3v) is 15.9. The van der Waals surface area contributed by atoms with Gasteiger partial charge in [-0.1, -0.05) is 41.5 Å². The fourth-order valence-corrected chi connectivity index (χ4v) is 13.0. The van der Waals surface area contributed by atoms with E-state index in [1.807, 2.05) is 6.92 Å². The van der Waals surface area contributed by atoms with Gasteiger partial charge in [0, 0.05) is 23.3 Å². The molecule has 294 valence electrons. The van der Waals surface area contributed by atoms with E-state index in [4.69, 9.17) is 4.74 Å². The van der Waals surface area contributed by atoms with Crippen molar-refractivity contribution in [3.05, 3.63) is 41.0 Å². The summed E-state index contributed by atoms with van der Waals surface area (Å²) in [6, 6.07) is 5.94. The lowest BCUT2D eigenvalue weighted by Crippen LogP contribution is -2.64. The van der Waals surface area contributed by atoms with Crippen molar-refractivity contribution in [1.29, 1.82) is 0 Å². The summed E-state index contributed by atoms with van der Waals surface area (Å²) < 4.78 is 6.34. The van der Waals surface area contributed by atoms with Gasteiger partial charge >= 0.3 is 5.97 Å². The number of carbonyl (C=O) groups is 5. The van der Waals surface area contributed by atoms with Crippen molar-refractivity contribution in [3.8, 4) is 5.75 Å². The zero-order chi connectivity index (χ0) is 39.1. The van der Waals surface area contributed by atoms with Crippen molar-refractivity contribution in [2.45, 2.75) is 137 Å². The Kier molecular flexibility index (Phi) is 9.77. The average Bonchev–Trinajstić information content (AvgIpc) is 3.40. The summed E-state index contributed by atoms with van der Waals surface area (Å²) in [7, 11) is 0. The van der Waals surface area contributed by atoms with Gasteiger partial charge in [0.1, 0.15) is 23.7 Å². The van der Waals surface area contributed by atoms with E-state index in [2.05, 4.69) is 45.3 Å². The number of ether oxygens (including phenoxy) is 1. The molecule has 2 amide bonds. The Balaban J connectivity index is 1.09. The van der Waals surface area contributed by atoms with E-state index < -0.39 is 17.0 Å². The molecule has 54 heavy (non-hydrogen) atoms. The van der Waals surface area contributed by atoms with Crippen LogP contribution in [0.1, 0.15) is 130 Å². The van der Waals surface area contributed by atoms with Crippen LogP contribution >= 0.6 is 0 Å². The van der Waals surface area contributed by atoms with Gasteiger partial charge in [-0.3, -0.25) is 19.2 Å². The maximum absolute atomic E-state index is 14.2. The summed E-state index contributed by atoms with van der Waals surface area (Å²) >= 11 is 0. The van der Waals surface area contributed by atoms with Crippen LogP contribution < -0.4 is 10.6 Å². The van der Waals surface area contributed by atoms with E-state index in [0.29, 0.717) is 42.1 Å². The number of phenolic OH excluding ortho intramolecular Hbond substituents is 1. The number of esters is 1. The molecule has 1 aromatic rings. The number of hydrogen-bond acceptors (Lipinski definition) is 7. The molecule has 9 heteroatoms. The van der Waals surface area contributed by atoms with E-state index in [-0.39, 0.29) is 76.4 Å². The number of Topliss-reactive ketones (excluding diaryl/α,β-unsaturated/α-hetero) is 1. The second-order valence-corrected chi connectivity index (χ2v) is 19.8. The molecule has 0 aliphatic heterocycles. The van der Waals surface area contributed by atoms with Crippen LogP contribution in [0.3, 0.4) is 0 Å². The van der Waals surface area contributed by atoms with Gasteiger partial charge in [0.25, 0.3) is 5.91 Å². The van der Waals surface area contributed by atoms with Crippen molar-refractivity contribution in [2.24, 2.45) is 64.1 Å². The summed E-state index contributed by atoms with van der Waals surface area (Å²) in [6.07, 6.45) is 9.52. The topological polar surface area (TPSA) is 139 Å². The van der Waals surface area contributed by atoms with Crippen LogP contribution in [0.4, 0.5) is 0 Å². The molecule has 6 aliphatic carbocycles. The van der Waals surface area contributed by atoms with Crippen molar-refractivity contribution in [3.63, 3.8) is 0 Å². The number of amides is 2. The van der Waals surface area contributed by atoms with E-state index in [1.165, 1.54) is 24.3 Å². The Morgan fingerprint density at radius 3 is 2.31 bits per heavy atom. The fraction of sp³-hybridized carbons (Fsp3) is 0.711. The smallest absolute Gasteiger partial charge is 0.309 e. The quantitative estimate of drug-likeness (QED) is 0.187. The number of hydrogen-bond donors (Lipinski definition) is 3. The van der Waals surface area contributed by atoms with Gasteiger partial charge in [-0.25, -0.2) is 0 Å². The number of aldehydes is 1. The highest BCUT2D eigenvalue weighted by atomic mass is 16.5. The normalized spacial score (nSPS) is 38.2. The van der Waals surface area contributed by atoms with Gasteiger partial charge in [-0.05, 0) is 154 Å². The van der Waals surface area contributed by atoms with Crippen LogP contribution in [0.5, 0.6) is 5.75 Å². The Hall–Kier alpha value is -3.49. The molecule has 0 heterocycles. The number of phenols is 1. The van der Waals surface area contributed by atoms with Crippen molar-refractivity contribution in [1.82, 2.24) is 10.6 Å². The second kappa shape index (κ2) is 13.6. The number of benzene rings is 1. The molecule has 0 spiro atoms. The van der Waals surface area contributed by atoms with Gasteiger partial charge in [0.2, 0.25) is 5.91 Å². The molecule has 5 saturated carbocycles. The van der Waals surface area contributed by atoms with E-state index in [1.54, 1.807) is 13.8 Å². The van der Waals surface area contributed by atoms with Crippen molar-refractivity contribution in [2.75, 3.05) is 0 Å². The lowest BCUT2D eigenvalue weighted by molar-refractivity contribution is -0.200. The molecule has 7 rings (SSSR count). The SMILES string of the molecule is CC(C)C1=C2C3CCC4C(CCC5C(C)(C)C(OC(=O)C6CC(C=O)C6C)CCC45C)C3CCC2(NC(=O)C(C)(C)NC(=O)c2ccc(O)cc2)CC1=O. The van der Waals surface area contributed by atoms with Gasteiger partial charge in [-0.2, -0.15) is 0 Å². The molecule has 0 bridgehead atoms. The first-order valence-corrected chi connectivity index (χ1v) is 20.7. The maximum atomic E-state index is 14.2. The molecule has 11 unspecified atom stereocenters. The molecule has 1 aromatic carbocycles. The number of allylic oxidation sites excluding steroid dienone is 1. The molecular formula is C45H62N2O7. The highest BCUT2D eigenvalue weighted by Gasteiger charge is 2.64. The highest BCUT2D eigenvalue weighted by molar-refractivity contribution is 6.03.